The third-order valence-corrected chi connectivity index (χ3v) is 2.52. The predicted molar refractivity (Wildman–Crippen MR) is 52.0 cm³/mol. The third-order valence-electron chi connectivity index (χ3n) is 2.52. The molecule has 3 atom stereocenters. The summed E-state index contributed by atoms with van der Waals surface area (Å²) in [4.78, 5) is 4.32. The number of hydrogen-bond acceptors (Lipinski definition) is 3. The number of nitrogens with one attached hydrogen (secondary N) is 1. The summed E-state index contributed by atoms with van der Waals surface area (Å²) >= 11 is 0. The van der Waals surface area contributed by atoms with Gasteiger partial charge in [-0.1, -0.05) is 13.8 Å². The normalized spacial score (nSPS) is 36.8. The summed E-state index contributed by atoms with van der Waals surface area (Å²) in [6, 6.07) is 0.442. The van der Waals surface area contributed by atoms with E-state index in [1.807, 2.05) is 0 Å². The van der Waals surface area contributed by atoms with E-state index in [4.69, 9.17) is 5.73 Å². The second-order valence-corrected chi connectivity index (χ2v) is 3.94. The number of rotatable bonds is 1. The van der Waals surface area contributed by atoms with Crippen LogP contribution in [0.1, 0.15) is 27.7 Å². The van der Waals surface area contributed by atoms with E-state index >= 15 is 0 Å². The lowest BCUT2D eigenvalue weighted by Crippen LogP contribution is -2.52. The maximum Gasteiger partial charge on any atom is 0.151 e. The Morgan fingerprint density at radius 1 is 1.50 bits per heavy atom. The number of hydrogen-bond donors (Lipinski definition) is 2. The Kier molecular flexibility index (Phi) is 2.85. The summed E-state index contributed by atoms with van der Waals surface area (Å²) in [7, 11) is 0. The van der Waals surface area contributed by atoms with E-state index in [2.05, 4.69) is 38.0 Å². The maximum atomic E-state index is 5.68. The third kappa shape index (κ3) is 1.84. The number of aliphatic imine (C=N–C) groups is 1. The van der Waals surface area contributed by atoms with E-state index in [1.54, 1.807) is 0 Å². The van der Waals surface area contributed by atoms with Crippen LogP contribution in [0.3, 0.4) is 0 Å². The molecule has 70 valence electrons. The van der Waals surface area contributed by atoms with Crippen LogP contribution in [0.4, 0.5) is 0 Å². The lowest BCUT2D eigenvalue weighted by Gasteiger charge is -2.34. The van der Waals surface area contributed by atoms with Crippen molar-refractivity contribution in [1.29, 1.82) is 0 Å². The molecule has 0 spiro atoms. The van der Waals surface area contributed by atoms with Gasteiger partial charge in [-0.2, -0.15) is 0 Å². The van der Waals surface area contributed by atoms with Crippen molar-refractivity contribution < 1.29 is 0 Å². The van der Waals surface area contributed by atoms with Crippen molar-refractivity contribution in [3.63, 3.8) is 0 Å². The van der Waals surface area contributed by atoms with Crippen LogP contribution in [0.2, 0.25) is 0 Å². The van der Waals surface area contributed by atoms with Gasteiger partial charge in [0.15, 0.2) is 6.29 Å². The Hall–Kier alpha value is -0.410. The molecule has 12 heavy (non-hydrogen) atoms. The fraction of sp³-hybridized carbons (Fsp3) is 0.889. The van der Waals surface area contributed by atoms with Crippen LogP contribution in [0.15, 0.2) is 4.99 Å². The molecule has 0 aromatic carbocycles. The largest absolute Gasteiger partial charge is 0.297 e. The zero-order valence-corrected chi connectivity index (χ0v) is 8.33. The van der Waals surface area contributed by atoms with Crippen molar-refractivity contribution in [1.82, 2.24) is 5.32 Å². The van der Waals surface area contributed by atoms with E-state index in [0.29, 0.717) is 17.9 Å². The van der Waals surface area contributed by atoms with E-state index in [1.165, 1.54) is 5.71 Å². The lowest BCUT2D eigenvalue weighted by atomic mass is 9.84. The Labute approximate surface area is 74.4 Å². The van der Waals surface area contributed by atoms with Gasteiger partial charge < -0.3 is 0 Å². The van der Waals surface area contributed by atoms with Crippen LogP contribution < -0.4 is 11.1 Å². The van der Waals surface area contributed by atoms with Gasteiger partial charge in [0.05, 0.1) is 0 Å². The average Bonchev–Trinajstić information content (AvgIpc) is 1.82. The first kappa shape index (κ1) is 9.68. The molecule has 0 amide bonds. The second-order valence-electron chi connectivity index (χ2n) is 3.94. The summed E-state index contributed by atoms with van der Waals surface area (Å²) in [5.41, 5.74) is 6.86. The van der Waals surface area contributed by atoms with Gasteiger partial charge in [-0.3, -0.25) is 16.0 Å². The van der Waals surface area contributed by atoms with E-state index in [0.717, 1.165) is 0 Å². The fourth-order valence-electron chi connectivity index (χ4n) is 2.14. The van der Waals surface area contributed by atoms with Gasteiger partial charge >= 0.3 is 0 Å². The van der Waals surface area contributed by atoms with Crippen molar-refractivity contribution in [2.24, 2.45) is 22.6 Å². The van der Waals surface area contributed by atoms with Crippen LogP contribution in [0.25, 0.3) is 0 Å². The Morgan fingerprint density at radius 3 is 2.50 bits per heavy atom. The molecule has 3 N–H and O–H groups in total. The molecule has 1 heterocycles. The van der Waals surface area contributed by atoms with Crippen LogP contribution >= 0.6 is 0 Å². The number of nitrogens with two attached hydrogens (primary N) is 1. The summed E-state index contributed by atoms with van der Waals surface area (Å²) in [6.45, 7) is 8.68. The zero-order valence-electron chi connectivity index (χ0n) is 8.33. The van der Waals surface area contributed by atoms with Crippen LogP contribution in [-0.4, -0.2) is 18.0 Å². The highest BCUT2D eigenvalue weighted by Crippen LogP contribution is 2.20. The van der Waals surface area contributed by atoms with Gasteiger partial charge in [-0.05, 0) is 19.8 Å². The Bertz CT molecular complexity index is 186. The summed E-state index contributed by atoms with van der Waals surface area (Å²) in [5, 5.41) is 3.23. The first-order valence-corrected chi connectivity index (χ1v) is 4.58. The molecule has 0 aromatic heterocycles. The molecule has 0 aromatic rings. The standard InChI is InChI=1S/C9H19N3/c1-5(2)8-6(3)11-9(10)12-7(8)4/h5-6,8-9,11H,10H2,1-4H3. The summed E-state index contributed by atoms with van der Waals surface area (Å²) < 4.78 is 0. The average molecular weight is 169 g/mol. The highest BCUT2D eigenvalue weighted by molar-refractivity contribution is 5.85. The van der Waals surface area contributed by atoms with E-state index < -0.39 is 0 Å². The molecular formula is C9H19N3. The van der Waals surface area contributed by atoms with Crippen molar-refractivity contribution >= 4 is 5.71 Å². The van der Waals surface area contributed by atoms with Crippen molar-refractivity contribution in [3.05, 3.63) is 0 Å². The van der Waals surface area contributed by atoms with E-state index in [-0.39, 0.29) is 6.29 Å². The van der Waals surface area contributed by atoms with Gasteiger partial charge in [0.25, 0.3) is 0 Å². The smallest absolute Gasteiger partial charge is 0.151 e. The van der Waals surface area contributed by atoms with Gasteiger partial charge in [0.2, 0.25) is 0 Å². The molecule has 3 unspecified atom stereocenters. The van der Waals surface area contributed by atoms with Gasteiger partial charge in [0, 0.05) is 17.7 Å². The monoisotopic (exact) mass is 169 g/mol. The topological polar surface area (TPSA) is 50.4 Å². The SMILES string of the molecule is CC1=NC(N)NC(C)C1C(C)C. The number of nitrogens with zero attached hydrogens (tertiary/aromatic N) is 1. The van der Waals surface area contributed by atoms with Gasteiger partial charge in [-0.15, -0.1) is 0 Å². The second kappa shape index (κ2) is 3.54. The fourth-order valence-corrected chi connectivity index (χ4v) is 2.14. The molecule has 0 fully saturated rings. The molecular weight excluding hydrogens is 150 g/mol. The zero-order chi connectivity index (χ0) is 9.30. The molecule has 1 aliphatic heterocycles. The van der Waals surface area contributed by atoms with Crippen molar-refractivity contribution in [3.8, 4) is 0 Å². The molecule has 0 bridgehead atoms. The first-order chi connectivity index (χ1) is 5.52. The quantitative estimate of drug-likeness (QED) is 0.614. The molecule has 1 aliphatic rings. The lowest BCUT2D eigenvalue weighted by molar-refractivity contribution is 0.318. The van der Waals surface area contributed by atoms with Crippen LogP contribution in [0, 0.1) is 11.8 Å². The molecule has 3 heteroatoms. The van der Waals surface area contributed by atoms with Gasteiger partial charge in [0.1, 0.15) is 0 Å². The van der Waals surface area contributed by atoms with Crippen LogP contribution in [-0.2, 0) is 0 Å². The highest BCUT2D eigenvalue weighted by atomic mass is 15.2. The van der Waals surface area contributed by atoms with E-state index in [9.17, 15) is 0 Å². The van der Waals surface area contributed by atoms with Crippen molar-refractivity contribution in [2.45, 2.75) is 40.0 Å². The molecule has 0 aliphatic carbocycles. The Balaban J connectivity index is 2.79. The molecule has 0 saturated heterocycles. The first-order valence-electron chi connectivity index (χ1n) is 4.58. The maximum absolute atomic E-state index is 5.68. The predicted octanol–water partition coefficient (Wildman–Crippen LogP) is 0.953. The van der Waals surface area contributed by atoms with Crippen molar-refractivity contribution in [2.75, 3.05) is 0 Å². The highest BCUT2D eigenvalue weighted by Gasteiger charge is 2.28. The van der Waals surface area contributed by atoms with Crippen LogP contribution in [0.5, 0.6) is 0 Å². The minimum absolute atomic E-state index is 0.199. The Morgan fingerprint density at radius 2 is 2.08 bits per heavy atom. The molecule has 0 radical (unpaired) electrons. The minimum Gasteiger partial charge on any atom is -0.297 e. The molecule has 0 saturated carbocycles. The summed E-state index contributed by atoms with van der Waals surface area (Å²) in [6.07, 6.45) is -0.199. The molecule has 1 rings (SSSR count). The van der Waals surface area contributed by atoms with Gasteiger partial charge in [-0.25, -0.2) is 0 Å². The summed E-state index contributed by atoms with van der Waals surface area (Å²) in [5.74, 6) is 1.16. The minimum atomic E-state index is -0.199. The molecule has 3 nitrogen and oxygen atoms in total.